The third-order valence-corrected chi connectivity index (χ3v) is 3.80. The maximum absolute atomic E-state index is 5.52. The first-order chi connectivity index (χ1) is 7.90. The van der Waals surface area contributed by atoms with Crippen LogP contribution in [0, 0.1) is 0 Å². The Balaban J connectivity index is 1.88. The van der Waals surface area contributed by atoms with Gasteiger partial charge < -0.3 is 10.1 Å². The zero-order chi connectivity index (χ0) is 11.2. The number of thioether (sulfide) groups is 1. The van der Waals surface area contributed by atoms with Crippen LogP contribution in [-0.4, -0.2) is 46.2 Å². The summed E-state index contributed by atoms with van der Waals surface area (Å²) in [5.74, 6) is 0. The molecule has 90 valence electrons. The Bertz CT molecular complexity index is 293. The number of nitrogens with one attached hydrogen (secondary N) is 2. The van der Waals surface area contributed by atoms with Crippen molar-refractivity contribution >= 4 is 11.8 Å². The number of rotatable bonds is 5. The van der Waals surface area contributed by atoms with E-state index in [1.165, 1.54) is 0 Å². The third kappa shape index (κ3) is 3.20. The topological polar surface area (TPSA) is 62.8 Å². The standard InChI is InChI=1S/C10H18N4OS/c1-2-4-11-8-3-5-15-6-9(8)16-10-12-7-13-14-10/h7-9,11H,2-6H2,1H3,(H,12,13,14). The molecule has 5 nitrogen and oxygen atoms in total. The molecule has 2 atom stereocenters. The van der Waals surface area contributed by atoms with Crippen LogP contribution < -0.4 is 5.32 Å². The van der Waals surface area contributed by atoms with Gasteiger partial charge in [0.15, 0.2) is 5.16 Å². The van der Waals surface area contributed by atoms with Crippen LogP contribution >= 0.6 is 11.8 Å². The summed E-state index contributed by atoms with van der Waals surface area (Å²) in [6, 6.07) is 0.517. The maximum atomic E-state index is 5.52. The first-order valence-corrected chi connectivity index (χ1v) is 6.61. The first kappa shape index (κ1) is 11.9. The van der Waals surface area contributed by atoms with Crippen LogP contribution in [-0.2, 0) is 4.74 Å². The molecule has 0 bridgehead atoms. The Hall–Kier alpha value is -0.590. The van der Waals surface area contributed by atoms with Crippen molar-refractivity contribution in [1.82, 2.24) is 20.5 Å². The van der Waals surface area contributed by atoms with Crippen molar-refractivity contribution in [3.05, 3.63) is 6.33 Å². The number of aromatic amines is 1. The molecule has 0 spiro atoms. The molecular formula is C10H18N4OS. The van der Waals surface area contributed by atoms with Crippen molar-refractivity contribution in [2.45, 2.75) is 36.2 Å². The van der Waals surface area contributed by atoms with Gasteiger partial charge in [-0.05, 0) is 19.4 Å². The molecule has 1 aromatic rings. The third-order valence-electron chi connectivity index (χ3n) is 2.62. The van der Waals surface area contributed by atoms with E-state index in [1.807, 2.05) is 0 Å². The fraction of sp³-hybridized carbons (Fsp3) is 0.800. The van der Waals surface area contributed by atoms with E-state index in [0.29, 0.717) is 11.3 Å². The van der Waals surface area contributed by atoms with E-state index < -0.39 is 0 Å². The van der Waals surface area contributed by atoms with Gasteiger partial charge in [-0.2, -0.15) is 5.10 Å². The molecule has 0 aliphatic carbocycles. The second kappa shape index (κ2) is 6.22. The highest BCUT2D eigenvalue weighted by Crippen LogP contribution is 2.25. The van der Waals surface area contributed by atoms with Crippen molar-refractivity contribution < 1.29 is 4.74 Å². The molecule has 16 heavy (non-hydrogen) atoms. The molecule has 1 aromatic heterocycles. The van der Waals surface area contributed by atoms with E-state index in [2.05, 4.69) is 27.4 Å². The van der Waals surface area contributed by atoms with Crippen molar-refractivity contribution in [3.8, 4) is 0 Å². The zero-order valence-electron chi connectivity index (χ0n) is 9.48. The van der Waals surface area contributed by atoms with Crippen molar-refractivity contribution in [2.24, 2.45) is 0 Å². The molecule has 2 N–H and O–H groups in total. The highest BCUT2D eigenvalue weighted by Gasteiger charge is 2.26. The number of nitrogens with zero attached hydrogens (tertiary/aromatic N) is 2. The predicted molar refractivity (Wildman–Crippen MR) is 63.5 cm³/mol. The van der Waals surface area contributed by atoms with Gasteiger partial charge in [0, 0.05) is 12.6 Å². The van der Waals surface area contributed by atoms with Crippen LogP contribution in [0.15, 0.2) is 11.5 Å². The molecule has 1 saturated heterocycles. The zero-order valence-corrected chi connectivity index (χ0v) is 10.3. The van der Waals surface area contributed by atoms with Gasteiger partial charge >= 0.3 is 0 Å². The second-order valence-corrected chi connectivity index (χ2v) is 5.10. The SMILES string of the molecule is CCCNC1CCOCC1Sc1ncn[nH]1. The van der Waals surface area contributed by atoms with Gasteiger partial charge in [0.1, 0.15) is 6.33 Å². The Morgan fingerprint density at radius 2 is 2.62 bits per heavy atom. The smallest absolute Gasteiger partial charge is 0.183 e. The van der Waals surface area contributed by atoms with E-state index in [9.17, 15) is 0 Å². The number of ether oxygens (including phenoxy) is 1. The molecule has 1 fully saturated rings. The van der Waals surface area contributed by atoms with E-state index in [0.717, 1.165) is 37.8 Å². The number of H-pyrrole nitrogens is 1. The van der Waals surface area contributed by atoms with Crippen LogP contribution in [0.25, 0.3) is 0 Å². The van der Waals surface area contributed by atoms with Crippen molar-refractivity contribution in [3.63, 3.8) is 0 Å². The Morgan fingerprint density at radius 1 is 1.69 bits per heavy atom. The molecular weight excluding hydrogens is 224 g/mol. The van der Waals surface area contributed by atoms with E-state index >= 15 is 0 Å². The summed E-state index contributed by atoms with van der Waals surface area (Å²) >= 11 is 1.71. The van der Waals surface area contributed by atoms with Gasteiger partial charge in [-0.25, -0.2) is 4.98 Å². The second-order valence-electron chi connectivity index (χ2n) is 3.87. The summed E-state index contributed by atoms with van der Waals surface area (Å²) in [4.78, 5) is 4.14. The predicted octanol–water partition coefficient (Wildman–Crippen LogP) is 1.05. The minimum Gasteiger partial charge on any atom is -0.380 e. The number of aromatic nitrogens is 3. The summed E-state index contributed by atoms with van der Waals surface area (Å²) < 4.78 is 5.52. The fourth-order valence-corrected chi connectivity index (χ4v) is 2.85. The summed E-state index contributed by atoms with van der Waals surface area (Å²) in [7, 11) is 0. The lowest BCUT2D eigenvalue weighted by molar-refractivity contribution is 0.0832. The average Bonchev–Trinajstić information content (AvgIpc) is 2.81. The van der Waals surface area contributed by atoms with Gasteiger partial charge in [0.25, 0.3) is 0 Å². The van der Waals surface area contributed by atoms with Crippen LogP contribution in [0.4, 0.5) is 0 Å². The van der Waals surface area contributed by atoms with Crippen LogP contribution in [0.3, 0.4) is 0 Å². The number of hydrogen-bond donors (Lipinski definition) is 2. The Kier molecular flexibility index (Phi) is 4.62. The fourth-order valence-electron chi connectivity index (χ4n) is 1.79. The summed E-state index contributed by atoms with van der Waals surface area (Å²) in [6.45, 7) is 4.89. The summed E-state index contributed by atoms with van der Waals surface area (Å²) in [5.41, 5.74) is 0. The van der Waals surface area contributed by atoms with Gasteiger partial charge in [-0.3, -0.25) is 5.10 Å². The summed E-state index contributed by atoms with van der Waals surface area (Å²) in [6.07, 6.45) is 3.78. The largest absolute Gasteiger partial charge is 0.380 e. The van der Waals surface area contributed by atoms with E-state index in [1.54, 1.807) is 18.1 Å². The van der Waals surface area contributed by atoms with Crippen molar-refractivity contribution in [1.29, 1.82) is 0 Å². The van der Waals surface area contributed by atoms with Crippen LogP contribution in [0.2, 0.25) is 0 Å². The molecule has 2 rings (SSSR count). The minimum atomic E-state index is 0.424. The molecule has 0 saturated carbocycles. The average molecular weight is 242 g/mol. The molecule has 0 amide bonds. The monoisotopic (exact) mass is 242 g/mol. The highest BCUT2D eigenvalue weighted by molar-refractivity contribution is 7.99. The highest BCUT2D eigenvalue weighted by atomic mass is 32.2. The lowest BCUT2D eigenvalue weighted by atomic mass is 10.1. The van der Waals surface area contributed by atoms with Gasteiger partial charge in [-0.1, -0.05) is 18.7 Å². The molecule has 2 unspecified atom stereocenters. The van der Waals surface area contributed by atoms with E-state index in [-0.39, 0.29) is 0 Å². The number of hydrogen-bond acceptors (Lipinski definition) is 5. The Morgan fingerprint density at radius 3 is 3.38 bits per heavy atom. The maximum Gasteiger partial charge on any atom is 0.183 e. The first-order valence-electron chi connectivity index (χ1n) is 5.73. The molecule has 2 heterocycles. The molecule has 0 radical (unpaired) electrons. The van der Waals surface area contributed by atoms with Crippen LogP contribution in [0.1, 0.15) is 19.8 Å². The van der Waals surface area contributed by atoms with Crippen LogP contribution in [0.5, 0.6) is 0 Å². The summed E-state index contributed by atoms with van der Waals surface area (Å²) in [5, 5.41) is 11.6. The van der Waals surface area contributed by atoms with E-state index in [4.69, 9.17) is 4.74 Å². The lowest BCUT2D eigenvalue weighted by Gasteiger charge is -2.31. The lowest BCUT2D eigenvalue weighted by Crippen LogP contribution is -2.45. The quantitative estimate of drug-likeness (QED) is 0.808. The molecule has 1 aliphatic heterocycles. The van der Waals surface area contributed by atoms with Crippen molar-refractivity contribution in [2.75, 3.05) is 19.8 Å². The van der Waals surface area contributed by atoms with Gasteiger partial charge in [0.05, 0.1) is 11.9 Å². The Labute approximate surface area is 99.7 Å². The molecule has 1 aliphatic rings. The minimum absolute atomic E-state index is 0.424. The van der Waals surface area contributed by atoms with Gasteiger partial charge in [0.2, 0.25) is 0 Å². The normalized spacial score (nSPS) is 25.8. The van der Waals surface area contributed by atoms with Gasteiger partial charge in [-0.15, -0.1) is 0 Å². The molecule has 6 heteroatoms. The molecule has 0 aromatic carbocycles.